The van der Waals surface area contributed by atoms with Crippen LogP contribution in [0.2, 0.25) is 0 Å². The standard InChI is InChI=1S/C30H35F3N6O/c1-17(2)39-14-10-20(11-15-39)30(32,33)23-9-7-8-21(25(23)31)18(3)35-26-22-16-24(29(34-5)12-13-29)28(40-6)38-27(22)37-19(4)36-26/h7-9,16-18,20H,10-15H2,1-4,6H3,(H,35,36,37,38)/t18-/m1/s1. The number of methoxy groups -OCH3 is 1. The maximum atomic E-state index is 15.8. The number of hydrogen-bond acceptors (Lipinski definition) is 6. The van der Waals surface area contributed by atoms with Crippen LogP contribution in [0.4, 0.5) is 19.0 Å². The topological polar surface area (TPSA) is 67.5 Å². The average molecular weight is 553 g/mol. The number of aromatic nitrogens is 3. The third-order valence-corrected chi connectivity index (χ3v) is 8.38. The van der Waals surface area contributed by atoms with Crippen LogP contribution in [0.1, 0.15) is 75.0 Å². The Kier molecular flexibility index (Phi) is 7.38. The maximum Gasteiger partial charge on any atom is 0.278 e. The highest BCUT2D eigenvalue weighted by atomic mass is 19.3. The second-order valence-corrected chi connectivity index (χ2v) is 11.3. The number of ether oxygens (including phenoxy) is 1. The quantitative estimate of drug-likeness (QED) is 0.311. The molecular weight excluding hydrogens is 517 g/mol. The third kappa shape index (κ3) is 4.96. The minimum Gasteiger partial charge on any atom is -0.481 e. The minimum absolute atomic E-state index is 0.128. The van der Waals surface area contributed by atoms with Crippen molar-refractivity contribution in [1.29, 1.82) is 0 Å². The first kappa shape index (κ1) is 28.1. The smallest absolute Gasteiger partial charge is 0.278 e. The Bertz CT molecular complexity index is 1460. The van der Waals surface area contributed by atoms with Crippen LogP contribution in [-0.4, -0.2) is 46.1 Å². The Morgan fingerprint density at radius 2 is 1.85 bits per heavy atom. The minimum atomic E-state index is -3.28. The summed E-state index contributed by atoms with van der Waals surface area (Å²) in [5.74, 6) is -3.93. The van der Waals surface area contributed by atoms with Crippen LogP contribution < -0.4 is 10.1 Å². The van der Waals surface area contributed by atoms with Gasteiger partial charge in [0.25, 0.3) is 11.5 Å². The van der Waals surface area contributed by atoms with E-state index in [1.165, 1.54) is 25.3 Å². The van der Waals surface area contributed by atoms with Gasteiger partial charge in [-0.25, -0.2) is 29.7 Å². The second-order valence-electron chi connectivity index (χ2n) is 11.3. The van der Waals surface area contributed by atoms with Crippen LogP contribution in [0.15, 0.2) is 24.3 Å². The van der Waals surface area contributed by atoms with Crippen LogP contribution in [0, 0.1) is 25.2 Å². The van der Waals surface area contributed by atoms with Crippen molar-refractivity contribution in [2.24, 2.45) is 5.92 Å². The number of likely N-dealkylation sites (tertiary alicyclic amines) is 1. The van der Waals surface area contributed by atoms with Gasteiger partial charge in [-0.2, -0.15) is 4.98 Å². The molecule has 0 amide bonds. The largest absolute Gasteiger partial charge is 0.481 e. The summed E-state index contributed by atoms with van der Waals surface area (Å²) >= 11 is 0. The van der Waals surface area contributed by atoms with Gasteiger partial charge in [-0.1, -0.05) is 18.2 Å². The zero-order valence-electron chi connectivity index (χ0n) is 23.6. The molecule has 1 aliphatic carbocycles. The van der Waals surface area contributed by atoms with Gasteiger partial charge in [0.15, 0.2) is 5.65 Å². The van der Waals surface area contributed by atoms with Crippen molar-refractivity contribution in [2.45, 2.75) is 76.9 Å². The Balaban J connectivity index is 1.46. The molecule has 0 radical (unpaired) electrons. The lowest BCUT2D eigenvalue weighted by Gasteiger charge is -2.38. The van der Waals surface area contributed by atoms with Crippen LogP contribution in [0.3, 0.4) is 0 Å². The van der Waals surface area contributed by atoms with Crippen LogP contribution in [-0.2, 0) is 11.5 Å². The molecule has 1 saturated heterocycles. The number of anilines is 1. The zero-order valence-corrected chi connectivity index (χ0v) is 23.6. The molecule has 40 heavy (non-hydrogen) atoms. The summed E-state index contributed by atoms with van der Waals surface area (Å²) in [5.41, 5.74) is -0.0823. The number of benzene rings is 1. The average Bonchev–Trinajstić information content (AvgIpc) is 3.73. The van der Waals surface area contributed by atoms with Crippen molar-refractivity contribution in [2.75, 3.05) is 25.5 Å². The lowest BCUT2D eigenvalue weighted by atomic mass is 9.85. The molecular formula is C30H35F3N6O. The number of nitrogens with zero attached hydrogens (tertiary/aromatic N) is 5. The first-order chi connectivity index (χ1) is 19.0. The van der Waals surface area contributed by atoms with Crippen LogP contribution in [0.5, 0.6) is 5.88 Å². The molecule has 0 spiro atoms. The number of pyridine rings is 1. The molecule has 1 saturated carbocycles. The number of nitrogens with one attached hydrogen (secondary N) is 1. The van der Waals surface area contributed by atoms with E-state index in [4.69, 9.17) is 11.3 Å². The fourth-order valence-corrected chi connectivity index (χ4v) is 5.73. The first-order valence-electron chi connectivity index (χ1n) is 13.8. The van der Waals surface area contributed by atoms with Gasteiger partial charge in [0.1, 0.15) is 17.5 Å². The predicted molar refractivity (Wildman–Crippen MR) is 148 cm³/mol. The van der Waals surface area contributed by atoms with Gasteiger partial charge in [0.2, 0.25) is 5.88 Å². The molecule has 2 aliphatic rings. The van der Waals surface area contributed by atoms with Gasteiger partial charge >= 0.3 is 0 Å². The van der Waals surface area contributed by atoms with Gasteiger partial charge in [0, 0.05) is 30.4 Å². The highest BCUT2D eigenvalue weighted by Crippen LogP contribution is 2.53. The number of halogens is 3. The van der Waals surface area contributed by atoms with E-state index in [2.05, 4.69) is 43.9 Å². The molecule has 2 fully saturated rings. The van der Waals surface area contributed by atoms with Gasteiger partial charge in [-0.15, -0.1) is 0 Å². The summed E-state index contributed by atoms with van der Waals surface area (Å²) in [4.78, 5) is 19.5. The Morgan fingerprint density at radius 3 is 2.45 bits per heavy atom. The third-order valence-electron chi connectivity index (χ3n) is 8.38. The Hall–Kier alpha value is -3.45. The van der Waals surface area contributed by atoms with Crippen molar-refractivity contribution in [1.82, 2.24) is 19.9 Å². The number of aryl methyl sites for hydroxylation is 1. The van der Waals surface area contributed by atoms with E-state index in [9.17, 15) is 0 Å². The van der Waals surface area contributed by atoms with E-state index in [0.717, 1.165) is 0 Å². The number of alkyl halides is 2. The first-order valence-corrected chi connectivity index (χ1v) is 13.8. The monoisotopic (exact) mass is 552 g/mol. The fraction of sp³-hybridized carbons (Fsp3) is 0.533. The molecule has 1 aliphatic heterocycles. The Morgan fingerprint density at radius 1 is 1.15 bits per heavy atom. The lowest BCUT2D eigenvalue weighted by Crippen LogP contribution is -2.42. The number of fused-ring (bicyclic) bond motifs is 1. The Labute approximate surface area is 233 Å². The van der Waals surface area contributed by atoms with Crippen LogP contribution >= 0.6 is 0 Å². The molecule has 3 heterocycles. The van der Waals surface area contributed by atoms with E-state index in [1.54, 1.807) is 13.8 Å². The lowest BCUT2D eigenvalue weighted by molar-refractivity contribution is -0.0900. The molecule has 3 aromatic rings. The van der Waals surface area contributed by atoms with Crippen molar-refractivity contribution < 1.29 is 17.9 Å². The molecule has 1 atom stereocenters. The van der Waals surface area contributed by atoms with Gasteiger partial charge in [-0.3, -0.25) is 0 Å². The number of rotatable bonds is 8. The SMILES string of the molecule is [C-]#[N+]C1(c2cc3c(N[C@H](C)c4cccc(C(F)(F)C5CCN(C(C)C)CC5)c4F)nc(C)nc3nc2OC)CC1. The molecule has 1 N–H and O–H groups in total. The zero-order chi connectivity index (χ0) is 28.8. The van der Waals surface area contributed by atoms with Crippen molar-refractivity contribution in [3.8, 4) is 5.88 Å². The van der Waals surface area contributed by atoms with E-state index >= 15 is 13.2 Å². The summed E-state index contributed by atoms with van der Waals surface area (Å²) in [7, 11) is 1.51. The van der Waals surface area contributed by atoms with E-state index < -0.39 is 34.8 Å². The maximum absolute atomic E-state index is 15.8. The van der Waals surface area contributed by atoms with E-state index in [-0.39, 0.29) is 5.56 Å². The molecule has 10 heteroatoms. The number of piperidine rings is 1. The van der Waals surface area contributed by atoms with E-state index in [1.807, 2.05) is 6.07 Å². The molecule has 0 bridgehead atoms. The fourth-order valence-electron chi connectivity index (χ4n) is 5.73. The van der Waals surface area contributed by atoms with Gasteiger partial charge < -0.3 is 19.8 Å². The normalized spacial score (nSPS) is 18.5. The highest BCUT2D eigenvalue weighted by Gasteiger charge is 2.55. The molecule has 0 unspecified atom stereocenters. The molecule has 7 nitrogen and oxygen atoms in total. The molecule has 5 rings (SSSR count). The van der Waals surface area contributed by atoms with Crippen LogP contribution in [0.25, 0.3) is 15.9 Å². The molecule has 212 valence electrons. The van der Waals surface area contributed by atoms with Crippen molar-refractivity contribution in [3.63, 3.8) is 0 Å². The second kappa shape index (κ2) is 10.5. The van der Waals surface area contributed by atoms with E-state index in [0.29, 0.717) is 78.9 Å². The molecule has 2 aromatic heterocycles. The summed E-state index contributed by atoms with van der Waals surface area (Å²) in [6.45, 7) is 16.4. The highest BCUT2D eigenvalue weighted by molar-refractivity contribution is 5.88. The summed E-state index contributed by atoms with van der Waals surface area (Å²) < 4.78 is 52.7. The number of hydrogen-bond donors (Lipinski definition) is 1. The predicted octanol–water partition coefficient (Wildman–Crippen LogP) is 6.77. The van der Waals surface area contributed by atoms with Crippen molar-refractivity contribution in [3.05, 3.63) is 64.0 Å². The summed E-state index contributed by atoms with van der Waals surface area (Å²) in [5, 5.41) is 3.77. The van der Waals surface area contributed by atoms with Crippen molar-refractivity contribution >= 4 is 16.9 Å². The van der Waals surface area contributed by atoms with Gasteiger partial charge in [0.05, 0.1) is 29.7 Å². The van der Waals surface area contributed by atoms with Gasteiger partial charge in [-0.05, 0) is 59.7 Å². The summed E-state index contributed by atoms with van der Waals surface area (Å²) in [6.07, 6.45) is 2.04. The molecule has 1 aromatic carbocycles. The summed E-state index contributed by atoms with van der Waals surface area (Å²) in [6, 6.07) is 5.64.